The molecule has 0 radical (unpaired) electrons. The van der Waals surface area contributed by atoms with Crippen molar-refractivity contribution < 1.29 is 0 Å². The molecule has 0 unspecified atom stereocenters. The molecule has 4 N–H and O–H groups in total. The molecule has 48 valence electrons. The van der Waals surface area contributed by atoms with Crippen LogP contribution in [0.4, 0.5) is 0 Å². The molecule has 0 saturated carbocycles. The van der Waals surface area contributed by atoms with E-state index in [4.69, 9.17) is 5.84 Å². The van der Waals surface area contributed by atoms with Gasteiger partial charge in [-0.15, -0.1) is 0 Å². The van der Waals surface area contributed by atoms with E-state index in [0.717, 1.165) is 0 Å². The van der Waals surface area contributed by atoms with Gasteiger partial charge in [0.1, 0.15) is 0 Å². The van der Waals surface area contributed by atoms with Gasteiger partial charge in [-0.25, -0.2) is 0 Å². The molecular weight excluding hydrogens is 239 g/mol. The van der Waals surface area contributed by atoms with Crippen molar-refractivity contribution in [3.63, 3.8) is 0 Å². The molecule has 0 bridgehead atoms. The molecule has 0 aliphatic rings. The maximum atomic E-state index is 4.93. The van der Waals surface area contributed by atoms with E-state index in [1.165, 1.54) is 11.8 Å². The molecule has 8 heavy (non-hydrogen) atoms. The zero-order chi connectivity index (χ0) is 6.41. The first-order valence-corrected chi connectivity index (χ1v) is 4.09. The van der Waals surface area contributed by atoms with Gasteiger partial charge in [-0.1, -0.05) is 11.8 Å². The van der Waals surface area contributed by atoms with E-state index in [0.29, 0.717) is 5.17 Å². The summed E-state index contributed by atoms with van der Waals surface area (Å²) >= 11 is 3.38. The fraction of sp³-hybridized carbons (Fsp3) is 0.500. The van der Waals surface area contributed by atoms with Gasteiger partial charge < -0.3 is 5.84 Å². The fourth-order valence-electron chi connectivity index (χ4n) is 0.176. The molecule has 4 nitrogen and oxygen atoms in total. The molecule has 0 atom stereocenters. The number of nitrogens with two attached hydrogens (primary N) is 1. The van der Waals surface area contributed by atoms with Crippen LogP contribution in [0.5, 0.6) is 0 Å². The molecule has 0 aromatic heterocycles. The van der Waals surface area contributed by atoms with E-state index in [1.54, 1.807) is 0 Å². The van der Waals surface area contributed by atoms with Crippen LogP contribution in [-0.4, -0.2) is 11.4 Å². The maximum absolute atomic E-state index is 4.93. The second-order valence-corrected chi connectivity index (χ2v) is 2.19. The Kier molecular flexibility index (Phi) is 5.66. The Morgan fingerprint density at radius 1 is 1.88 bits per heavy atom. The molecular formula is C2H7IN4S. The minimum Gasteiger partial charge on any atom is -0.321 e. The Morgan fingerprint density at radius 3 is 2.62 bits per heavy atom. The second-order valence-electron chi connectivity index (χ2n) is 0.858. The van der Waals surface area contributed by atoms with E-state index in [2.05, 4.69) is 14.2 Å². The first-order valence-electron chi connectivity index (χ1n) is 1.78. The molecule has 0 aliphatic heterocycles. The van der Waals surface area contributed by atoms with Crippen molar-refractivity contribution in [1.29, 1.82) is 0 Å². The molecule has 0 aromatic rings. The minimum absolute atomic E-state index is 0.666. The molecule has 0 amide bonds. The molecule has 0 saturated heterocycles. The van der Waals surface area contributed by atoms with Crippen LogP contribution in [0, 0.1) is 0 Å². The number of rotatable bonds is 1. The first kappa shape index (κ1) is 8.31. The highest BCUT2D eigenvalue weighted by Gasteiger charge is 1.88. The van der Waals surface area contributed by atoms with Gasteiger partial charge in [0.05, 0.1) is 0 Å². The van der Waals surface area contributed by atoms with E-state index in [-0.39, 0.29) is 0 Å². The van der Waals surface area contributed by atoms with Gasteiger partial charge in [0, 0.05) is 22.9 Å². The topological polar surface area (TPSA) is 62.4 Å². The Hall–Kier alpha value is 0.310. The summed E-state index contributed by atoms with van der Waals surface area (Å²) in [4.78, 5) is 0. The van der Waals surface area contributed by atoms with Crippen LogP contribution in [0.3, 0.4) is 0 Å². The fourth-order valence-corrected chi connectivity index (χ4v) is 0.873. The van der Waals surface area contributed by atoms with E-state index in [1.807, 2.05) is 29.1 Å². The van der Waals surface area contributed by atoms with Crippen LogP contribution < -0.4 is 14.9 Å². The van der Waals surface area contributed by atoms with Crippen molar-refractivity contribution in [3.8, 4) is 0 Å². The Bertz CT molecular complexity index is 84.1. The predicted octanol–water partition coefficient (Wildman–Crippen LogP) is 0.0233. The van der Waals surface area contributed by atoms with Gasteiger partial charge in [0.2, 0.25) is 0 Å². The lowest BCUT2D eigenvalue weighted by Gasteiger charge is -1.99. The number of nitrogens with zero attached hydrogens (tertiary/aromatic N) is 1. The molecule has 0 rings (SSSR count). The van der Waals surface area contributed by atoms with Gasteiger partial charge in [-0.3, -0.25) is 5.43 Å². The molecule has 0 fully saturated rings. The minimum atomic E-state index is 0.666. The lowest BCUT2D eigenvalue weighted by atomic mass is 11.3. The molecule has 6 heteroatoms. The average molecular weight is 246 g/mol. The Morgan fingerprint density at radius 2 is 2.50 bits per heavy atom. The molecule has 0 aromatic carbocycles. The molecule has 0 aliphatic carbocycles. The zero-order valence-electron chi connectivity index (χ0n) is 4.31. The number of hydrogen-bond donors (Lipinski definition) is 3. The Labute approximate surface area is 66.1 Å². The van der Waals surface area contributed by atoms with Crippen molar-refractivity contribution in [1.82, 2.24) is 9.06 Å². The van der Waals surface area contributed by atoms with Gasteiger partial charge >= 0.3 is 0 Å². The van der Waals surface area contributed by atoms with Crippen LogP contribution in [0.25, 0.3) is 0 Å². The second kappa shape index (κ2) is 5.45. The van der Waals surface area contributed by atoms with Crippen LogP contribution in [0.1, 0.15) is 0 Å². The summed E-state index contributed by atoms with van der Waals surface area (Å²) in [6, 6.07) is 0. The maximum Gasteiger partial charge on any atom is 0.194 e. The number of hydrazone groups is 1. The lowest BCUT2D eigenvalue weighted by molar-refractivity contribution is 0.969. The first-order chi connectivity index (χ1) is 3.85. The number of halogens is 1. The number of hydrogen-bond acceptors (Lipinski definition) is 4. The largest absolute Gasteiger partial charge is 0.321 e. The summed E-state index contributed by atoms with van der Waals surface area (Å²) < 4.78 is 2.66. The van der Waals surface area contributed by atoms with Crippen molar-refractivity contribution in [2.45, 2.75) is 0 Å². The van der Waals surface area contributed by atoms with Crippen LogP contribution >= 0.6 is 34.6 Å². The highest BCUT2D eigenvalue weighted by molar-refractivity contribution is 14.1. The highest BCUT2D eigenvalue weighted by Crippen LogP contribution is 1.90. The van der Waals surface area contributed by atoms with E-state index >= 15 is 0 Å². The van der Waals surface area contributed by atoms with Gasteiger partial charge in [-0.2, -0.15) is 8.74 Å². The van der Waals surface area contributed by atoms with E-state index < -0.39 is 0 Å². The van der Waals surface area contributed by atoms with Gasteiger partial charge in [0.15, 0.2) is 5.17 Å². The number of amidine groups is 1. The predicted molar refractivity (Wildman–Crippen MR) is 45.4 cm³/mol. The zero-order valence-corrected chi connectivity index (χ0v) is 7.28. The summed E-state index contributed by atoms with van der Waals surface area (Å²) in [5.41, 5.74) is 2.71. The quantitative estimate of drug-likeness (QED) is 0.152. The number of nitrogens with one attached hydrogen (secondary N) is 2. The van der Waals surface area contributed by atoms with Crippen molar-refractivity contribution in [3.05, 3.63) is 0 Å². The summed E-state index contributed by atoms with van der Waals surface area (Å²) in [6.45, 7) is 0. The average Bonchev–Trinajstić information content (AvgIpc) is 1.83. The normalized spacial score (nSPS) is 11.5. The SMILES string of the molecule is CSC(=NN)NNI. The highest BCUT2D eigenvalue weighted by atomic mass is 127. The summed E-state index contributed by atoms with van der Waals surface area (Å²) in [6.07, 6.45) is 1.88. The monoisotopic (exact) mass is 246 g/mol. The third kappa shape index (κ3) is 3.33. The van der Waals surface area contributed by atoms with Crippen LogP contribution in [0.2, 0.25) is 0 Å². The third-order valence-corrected chi connectivity index (χ3v) is 1.33. The smallest absolute Gasteiger partial charge is 0.194 e. The summed E-state index contributed by atoms with van der Waals surface area (Å²) in [5.74, 6) is 4.93. The van der Waals surface area contributed by atoms with Gasteiger partial charge in [-0.05, 0) is 6.26 Å². The van der Waals surface area contributed by atoms with Crippen molar-refractivity contribution in [2.24, 2.45) is 10.9 Å². The van der Waals surface area contributed by atoms with Gasteiger partial charge in [0.25, 0.3) is 0 Å². The lowest BCUT2D eigenvalue weighted by Crippen LogP contribution is -2.28. The van der Waals surface area contributed by atoms with E-state index in [9.17, 15) is 0 Å². The van der Waals surface area contributed by atoms with Crippen molar-refractivity contribution in [2.75, 3.05) is 6.26 Å². The molecule has 0 heterocycles. The van der Waals surface area contributed by atoms with Crippen molar-refractivity contribution >= 4 is 39.8 Å². The van der Waals surface area contributed by atoms with Crippen LogP contribution in [-0.2, 0) is 0 Å². The number of hydrazine groups is 1. The Balaban J connectivity index is 3.38. The summed E-state index contributed by atoms with van der Waals surface area (Å²) in [5, 5.41) is 4.06. The number of thioether (sulfide) groups is 1. The standard InChI is InChI=1S/C2H7IN4S/c1-8-2(5-4)6-7-3/h7H,4H2,1H3,(H,5,6). The third-order valence-electron chi connectivity index (χ3n) is 0.465. The summed E-state index contributed by atoms with van der Waals surface area (Å²) in [7, 11) is 0. The molecule has 0 spiro atoms. The van der Waals surface area contributed by atoms with Crippen LogP contribution in [0.15, 0.2) is 5.10 Å².